The van der Waals surface area contributed by atoms with Crippen LogP contribution in [0.3, 0.4) is 0 Å². The van der Waals surface area contributed by atoms with Crippen molar-refractivity contribution in [1.82, 2.24) is 20.2 Å². The van der Waals surface area contributed by atoms with E-state index >= 15 is 0 Å². The number of amides is 1. The number of rotatable bonds is 7. The molecule has 0 fully saturated rings. The molecule has 0 bridgehead atoms. The summed E-state index contributed by atoms with van der Waals surface area (Å²) in [5, 5.41) is 13.4. The van der Waals surface area contributed by atoms with Gasteiger partial charge in [-0.05, 0) is 30.3 Å². The minimum Gasteiger partial charge on any atom is -0.272 e. The van der Waals surface area contributed by atoms with Crippen molar-refractivity contribution in [1.29, 1.82) is 0 Å². The molecule has 3 aromatic carbocycles. The van der Waals surface area contributed by atoms with Gasteiger partial charge in [0.15, 0.2) is 11.0 Å². The predicted octanol–water partition coefficient (Wildman–Crippen LogP) is 5.70. The Hall–Kier alpha value is -2.75. The molecule has 0 atom stereocenters. The number of aromatic nitrogens is 3. The van der Waals surface area contributed by atoms with Crippen molar-refractivity contribution >= 4 is 55.7 Å². The first-order valence-electron chi connectivity index (χ1n) is 9.58. The van der Waals surface area contributed by atoms with Gasteiger partial charge < -0.3 is 0 Å². The molecular formula is C23H17Br2N5OS. The van der Waals surface area contributed by atoms with Crippen LogP contribution in [0.4, 0.5) is 0 Å². The standard InChI is InChI=1S/C23H17Br2N5OS/c24-18-10-12-19(13-11-18)30-22(16-6-2-1-3-7-16)28-29-23(30)32-15-21(31)27-26-14-17-8-4-5-9-20(17)25/h1-14H,15H2,(H,27,31)/b26-14+. The number of carbonyl (C=O) groups excluding carboxylic acids is 1. The van der Waals surface area contributed by atoms with Gasteiger partial charge in [0.25, 0.3) is 5.91 Å². The molecule has 0 unspecified atom stereocenters. The summed E-state index contributed by atoms with van der Waals surface area (Å²) in [6.45, 7) is 0. The van der Waals surface area contributed by atoms with Crippen LogP contribution in [-0.4, -0.2) is 32.6 Å². The number of hydrazone groups is 1. The maximum atomic E-state index is 12.3. The van der Waals surface area contributed by atoms with E-state index in [2.05, 4.69) is 52.6 Å². The molecule has 0 saturated carbocycles. The fourth-order valence-electron chi connectivity index (χ4n) is 2.88. The summed E-state index contributed by atoms with van der Waals surface area (Å²) in [6, 6.07) is 25.4. The topological polar surface area (TPSA) is 72.2 Å². The zero-order valence-electron chi connectivity index (χ0n) is 16.7. The third-order valence-electron chi connectivity index (χ3n) is 4.38. The molecule has 1 N–H and O–H groups in total. The molecule has 0 aliphatic rings. The summed E-state index contributed by atoms with van der Waals surface area (Å²) in [5.41, 5.74) is 5.29. The first-order valence-corrected chi connectivity index (χ1v) is 12.1. The quantitative estimate of drug-likeness (QED) is 0.176. The second kappa shape index (κ2) is 10.7. The van der Waals surface area contributed by atoms with Crippen molar-refractivity contribution in [2.75, 3.05) is 5.75 Å². The Kier molecular flexibility index (Phi) is 7.51. The molecule has 0 radical (unpaired) electrons. The number of thioether (sulfide) groups is 1. The van der Waals surface area contributed by atoms with Gasteiger partial charge in [-0.3, -0.25) is 9.36 Å². The molecule has 0 spiro atoms. The van der Waals surface area contributed by atoms with Crippen LogP contribution < -0.4 is 5.43 Å². The van der Waals surface area contributed by atoms with Gasteiger partial charge in [-0.2, -0.15) is 5.10 Å². The summed E-state index contributed by atoms with van der Waals surface area (Å²) >= 11 is 8.22. The molecule has 1 aromatic heterocycles. The molecule has 160 valence electrons. The minimum absolute atomic E-state index is 0.150. The lowest BCUT2D eigenvalue weighted by molar-refractivity contribution is -0.118. The Balaban J connectivity index is 1.51. The van der Waals surface area contributed by atoms with Crippen molar-refractivity contribution < 1.29 is 4.79 Å². The van der Waals surface area contributed by atoms with Gasteiger partial charge in [0.05, 0.1) is 12.0 Å². The minimum atomic E-state index is -0.232. The lowest BCUT2D eigenvalue weighted by atomic mass is 10.2. The van der Waals surface area contributed by atoms with Gasteiger partial charge in [0.1, 0.15) is 0 Å². The van der Waals surface area contributed by atoms with Gasteiger partial charge in [-0.25, -0.2) is 5.43 Å². The fourth-order valence-corrected chi connectivity index (χ4v) is 4.27. The smallest absolute Gasteiger partial charge is 0.250 e. The van der Waals surface area contributed by atoms with E-state index in [9.17, 15) is 4.79 Å². The average Bonchev–Trinajstić information content (AvgIpc) is 3.24. The normalized spacial score (nSPS) is 11.1. The first-order chi connectivity index (χ1) is 15.6. The van der Waals surface area contributed by atoms with E-state index in [-0.39, 0.29) is 11.7 Å². The second-order valence-corrected chi connectivity index (χ2v) is 9.30. The predicted molar refractivity (Wildman–Crippen MR) is 135 cm³/mol. The van der Waals surface area contributed by atoms with E-state index in [1.54, 1.807) is 6.21 Å². The van der Waals surface area contributed by atoms with Crippen LogP contribution in [0.1, 0.15) is 5.56 Å². The molecule has 9 heteroatoms. The summed E-state index contributed by atoms with van der Waals surface area (Å²) < 4.78 is 3.83. The Labute approximate surface area is 206 Å². The van der Waals surface area contributed by atoms with Crippen LogP contribution in [0.2, 0.25) is 0 Å². The van der Waals surface area contributed by atoms with Crippen LogP contribution in [-0.2, 0) is 4.79 Å². The Morgan fingerprint density at radius 2 is 1.69 bits per heavy atom. The number of hydrogen-bond acceptors (Lipinski definition) is 5. The van der Waals surface area contributed by atoms with Crippen molar-refractivity contribution in [2.45, 2.75) is 5.16 Å². The SMILES string of the molecule is O=C(CSc1nnc(-c2ccccc2)n1-c1ccc(Br)cc1)N/N=C/c1ccccc1Br. The highest BCUT2D eigenvalue weighted by molar-refractivity contribution is 9.10. The lowest BCUT2D eigenvalue weighted by Crippen LogP contribution is -2.20. The van der Waals surface area contributed by atoms with Crippen molar-refractivity contribution in [3.8, 4) is 17.1 Å². The Morgan fingerprint density at radius 3 is 2.44 bits per heavy atom. The van der Waals surface area contributed by atoms with Gasteiger partial charge >= 0.3 is 0 Å². The summed E-state index contributed by atoms with van der Waals surface area (Å²) in [5.74, 6) is 0.629. The van der Waals surface area contributed by atoms with Crippen LogP contribution in [0.5, 0.6) is 0 Å². The van der Waals surface area contributed by atoms with Crippen molar-refractivity contribution in [3.05, 3.63) is 93.4 Å². The van der Waals surface area contributed by atoms with Gasteiger partial charge in [0.2, 0.25) is 0 Å². The molecule has 0 saturated heterocycles. The molecule has 1 amide bonds. The molecular weight excluding hydrogens is 554 g/mol. The van der Waals surface area contributed by atoms with E-state index in [1.807, 2.05) is 83.4 Å². The van der Waals surface area contributed by atoms with E-state index in [4.69, 9.17) is 0 Å². The highest BCUT2D eigenvalue weighted by atomic mass is 79.9. The highest BCUT2D eigenvalue weighted by Gasteiger charge is 2.17. The monoisotopic (exact) mass is 569 g/mol. The summed E-state index contributed by atoms with van der Waals surface area (Å²) in [7, 11) is 0. The molecule has 0 aliphatic carbocycles. The van der Waals surface area contributed by atoms with Gasteiger partial charge in [-0.15, -0.1) is 10.2 Å². The lowest BCUT2D eigenvalue weighted by Gasteiger charge is -2.10. The van der Waals surface area contributed by atoms with Crippen LogP contribution in [0.25, 0.3) is 17.1 Å². The number of nitrogens with zero attached hydrogens (tertiary/aromatic N) is 4. The average molecular weight is 571 g/mol. The van der Waals surface area contributed by atoms with Crippen LogP contribution >= 0.6 is 43.6 Å². The zero-order valence-corrected chi connectivity index (χ0v) is 20.6. The number of halogens is 2. The largest absolute Gasteiger partial charge is 0.272 e. The van der Waals surface area contributed by atoms with Gasteiger partial charge in [-0.1, -0.05) is 92.2 Å². The highest BCUT2D eigenvalue weighted by Crippen LogP contribution is 2.28. The second-order valence-electron chi connectivity index (χ2n) is 6.59. The number of nitrogens with one attached hydrogen (secondary N) is 1. The summed E-state index contributed by atoms with van der Waals surface area (Å²) in [6.07, 6.45) is 1.60. The van der Waals surface area contributed by atoms with E-state index in [0.29, 0.717) is 11.0 Å². The number of carbonyl (C=O) groups is 1. The number of benzene rings is 3. The molecule has 4 rings (SSSR count). The fraction of sp³-hybridized carbons (Fsp3) is 0.0435. The maximum absolute atomic E-state index is 12.3. The molecule has 6 nitrogen and oxygen atoms in total. The maximum Gasteiger partial charge on any atom is 0.250 e. The molecule has 0 aliphatic heterocycles. The van der Waals surface area contributed by atoms with Crippen LogP contribution in [0.15, 0.2) is 98.1 Å². The van der Waals surface area contributed by atoms with Gasteiger partial charge in [0, 0.05) is 25.8 Å². The summed E-state index contributed by atoms with van der Waals surface area (Å²) in [4.78, 5) is 12.3. The van der Waals surface area contributed by atoms with E-state index in [1.165, 1.54) is 11.8 Å². The van der Waals surface area contributed by atoms with E-state index < -0.39 is 0 Å². The molecule has 1 heterocycles. The van der Waals surface area contributed by atoms with Crippen molar-refractivity contribution in [3.63, 3.8) is 0 Å². The number of hydrogen-bond donors (Lipinski definition) is 1. The zero-order chi connectivity index (χ0) is 22.3. The molecule has 4 aromatic rings. The molecule has 32 heavy (non-hydrogen) atoms. The third kappa shape index (κ3) is 5.53. The van der Waals surface area contributed by atoms with Crippen LogP contribution in [0, 0.1) is 0 Å². The van der Waals surface area contributed by atoms with Crippen molar-refractivity contribution in [2.24, 2.45) is 5.10 Å². The first kappa shape index (κ1) is 22.4. The van der Waals surface area contributed by atoms with E-state index in [0.717, 1.165) is 25.8 Å². The Morgan fingerprint density at radius 1 is 0.969 bits per heavy atom. The third-order valence-corrected chi connectivity index (χ3v) is 6.56. The Bertz CT molecular complexity index is 1240.